The molecule has 0 unspecified atom stereocenters. The van der Waals surface area contributed by atoms with Crippen molar-refractivity contribution in [3.8, 4) is 5.75 Å². The smallest absolute Gasteiger partial charge is 0.343 e. The Bertz CT molecular complexity index is 937. The lowest BCUT2D eigenvalue weighted by atomic mass is 10.1. The molecule has 0 fully saturated rings. The lowest BCUT2D eigenvalue weighted by Crippen LogP contribution is -2.19. The normalized spacial score (nSPS) is 10.1. The number of hydrogen-bond acceptors (Lipinski definition) is 3. The van der Waals surface area contributed by atoms with Gasteiger partial charge in [-0.3, -0.25) is 0 Å². The molecule has 6 heteroatoms. The minimum atomic E-state index is -0.434. The number of amides is 2. The van der Waals surface area contributed by atoms with Gasteiger partial charge in [0.1, 0.15) is 5.75 Å². The molecule has 0 saturated heterocycles. The average molecular weight is 381 g/mol. The molecule has 0 aliphatic heterocycles. The third-order valence-corrected chi connectivity index (χ3v) is 3.96. The van der Waals surface area contributed by atoms with E-state index in [2.05, 4.69) is 10.6 Å². The monoisotopic (exact) mass is 380 g/mol. The van der Waals surface area contributed by atoms with Crippen LogP contribution in [0.5, 0.6) is 5.75 Å². The van der Waals surface area contributed by atoms with Gasteiger partial charge in [-0.1, -0.05) is 29.3 Å². The van der Waals surface area contributed by atoms with Crippen molar-refractivity contribution in [3.63, 3.8) is 0 Å². The maximum Gasteiger partial charge on any atom is 0.343 e. The van der Waals surface area contributed by atoms with Crippen LogP contribution in [0.25, 0.3) is 0 Å². The van der Waals surface area contributed by atoms with Crippen LogP contribution in [0.4, 0.5) is 16.2 Å². The number of esters is 1. The van der Waals surface area contributed by atoms with E-state index >= 15 is 0 Å². The Labute approximate surface area is 161 Å². The number of benzene rings is 3. The number of anilines is 2. The lowest BCUT2D eigenvalue weighted by molar-refractivity contribution is 0.0734. The van der Waals surface area contributed by atoms with Gasteiger partial charge in [0.15, 0.2) is 0 Å². The number of rotatable bonds is 4. The summed E-state index contributed by atoms with van der Waals surface area (Å²) in [5.41, 5.74) is 2.74. The molecular formula is C21H17ClN2O3. The highest BCUT2D eigenvalue weighted by Crippen LogP contribution is 2.18. The van der Waals surface area contributed by atoms with Crippen molar-refractivity contribution >= 4 is 35.0 Å². The van der Waals surface area contributed by atoms with Gasteiger partial charge in [0.2, 0.25) is 0 Å². The number of halogens is 1. The van der Waals surface area contributed by atoms with Gasteiger partial charge in [0, 0.05) is 16.4 Å². The van der Waals surface area contributed by atoms with E-state index in [1.807, 2.05) is 19.1 Å². The lowest BCUT2D eigenvalue weighted by Gasteiger charge is -2.09. The maximum atomic E-state index is 12.1. The minimum absolute atomic E-state index is 0.387. The maximum absolute atomic E-state index is 12.1. The van der Waals surface area contributed by atoms with Crippen LogP contribution in [0, 0.1) is 6.92 Å². The first-order valence-corrected chi connectivity index (χ1v) is 8.60. The molecule has 5 nitrogen and oxygen atoms in total. The first-order chi connectivity index (χ1) is 13.0. The summed E-state index contributed by atoms with van der Waals surface area (Å²) in [7, 11) is 0. The van der Waals surface area contributed by atoms with E-state index in [0.29, 0.717) is 27.7 Å². The fraction of sp³-hybridized carbons (Fsp3) is 0.0476. The number of carbonyl (C=O) groups is 2. The number of carbonyl (C=O) groups excluding carboxylic acids is 2. The molecule has 0 saturated carbocycles. The van der Waals surface area contributed by atoms with E-state index in [9.17, 15) is 9.59 Å². The number of hydrogen-bond donors (Lipinski definition) is 2. The molecule has 0 aromatic heterocycles. The second kappa shape index (κ2) is 8.38. The highest BCUT2D eigenvalue weighted by molar-refractivity contribution is 6.30. The summed E-state index contributed by atoms with van der Waals surface area (Å²) >= 11 is 5.81. The SMILES string of the molecule is Cc1ccc(C(=O)Oc2ccc(NC(=O)Nc3ccc(Cl)cc3)cc2)cc1. The highest BCUT2D eigenvalue weighted by atomic mass is 35.5. The van der Waals surface area contributed by atoms with Crippen LogP contribution >= 0.6 is 11.6 Å². The molecule has 0 radical (unpaired) electrons. The van der Waals surface area contributed by atoms with Crippen LogP contribution in [-0.4, -0.2) is 12.0 Å². The van der Waals surface area contributed by atoms with E-state index in [-0.39, 0.29) is 6.03 Å². The number of urea groups is 1. The van der Waals surface area contributed by atoms with Crippen LogP contribution < -0.4 is 15.4 Å². The summed E-state index contributed by atoms with van der Waals surface area (Å²) in [5.74, 6) is -0.0413. The topological polar surface area (TPSA) is 67.4 Å². The van der Waals surface area contributed by atoms with E-state index in [4.69, 9.17) is 16.3 Å². The van der Waals surface area contributed by atoms with Crippen LogP contribution in [0.1, 0.15) is 15.9 Å². The summed E-state index contributed by atoms with van der Waals surface area (Å²) in [5, 5.41) is 5.99. The minimum Gasteiger partial charge on any atom is -0.423 e. The molecule has 0 aliphatic carbocycles. The molecule has 3 aromatic rings. The molecule has 0 aliphatic rings. The van der Waals surface area contributed by atoms with Gasteiger partial charge in [-0.25, -0.2) is 9.59 Å². The zero-order valence-corrected chi connectivity index (χ0v) is 15.3. The molecule has 2 amide bonds. The first kappa shape index (κ1) is 18.5. The Kier molecular flexibility index (Phi) is 5.74. The molecular weight excluding hydrogens is 364 g/mol. The Morgan fingerprint density at radius 3 is 1.85 bits per heavy atom. The van der Waals surface area contributed by atoms with Gasteiger partial charge in [-0.2, -0.15) is 0 Å². The molecule has 27 heavy (non-hydrogen) atoms. The predicted molar refractivity (Wildman–Crippen MR) is 107 cm³/mol. The van der Waals surface area contributed by atoms with Gasteiger partial charge in [-0.05, 0) is 67.6 Å². The number of nitrogens with one attached hydrogen (secondary N) is 2. The van der Waals surface area contributed by atoms with Crippen molar-refractivity contribution in [2.75, 3.05) is 10.6 Å². The van der Waals surface area contributed by atoms with Crippen molar-refractivity contribution in [1.82, 2.24) is 0 Å². The van der Waals surface area contributed by atoms with E-state index in [0.717, 1.165) is 5.56 Å². The van der Waals surface area contributed by atoms with Crippen molar-refractivity contribution < 1.29 is 14.3 Å². The summed E-state index contributed by atoms with van der Waals surface area (Å²) in [6, 6.07) is 20.1. The van der Waals surface area contributed by atoms with Crippen LogP contribution in [-0.2, 0) is 0 Å². The van der Waals surface area contributed by atoms with Gasteiger partial charge in [-0.15, -0.1) is 0 Å². The second-order valence-electron chi connectivity index (χ2n) is 5.87. The molecule has 136 valence electrons. The summed E-state index contributed by atoms with van der Waals surface area (Å²) < 4.78 is 5.33. The molecule has 0 bridgehead atoms. The zero-order chi connectivity index (χ0) is 19.2. The molecule has 0 spiro atoms. The van der Waals surface area contributed by atoms with Crippen molar-refractivity contribution in [2.45, 2.75) is 6.92 Å². The number of ether oxygens (including phenoxy) is 1. The first-order valence-electron chi connectivity index (χ1n) is 8.22. The molecule has 3 rings (SSSR count). The Morgan fingerprint density at radius 2 is 1.30 bits per heavy atom. The largest absolute Gasteiger partial charge is 0.423 e. The van der Waals surface area contributed by atoms with E-state index in [1.54, 1.807) is 60.7 Å². The summed E-state index contributed by atoms with van der Waals surface area (Å²) in [6.07, 6.45) is 0. The van der Waals surface area contributed by atoms with Crippen molar-refractivity contribution in [1.29, 1.82) is 0 Å². The third-order valence-electron chi connectivity index (χ3n) is 3.71. The molecule has 3 aromatic carbocycles. The fourth-order valence-corrected chi connectivity index (χ4v) is 2.41. The van der Waals surface area contributed by atoms with Gasteiger partial charge >= 0.3 is 12.0 Å². The van der Waals surface area contributed by atoms with Crippen molar-refractivity contribution in [2.24, 2.45) is 0 Å². The molecule has 0 heterocycles. The Morgan fingerprint density at radius 1 is 0.778 bits per heavy atom. The highest BCUT2D eigenvalue weighted by Gasteiger charge is 2.09. The molecule has 0 atom stereocenters. The van der Waals surface area contributed by atoms with Gasteiger partial charge in [0.05, 0.1) is 5.56 Å². The summed E-state index contributed by atoms with van der Waals surface area (Å²) in [6.45, 7) is 1.95. The second-order valence-corrected chi connectivity index (χ2v) is 6.30. The van der Waals surface area contributed by atoms with Crippen LogP contribution in [0.15, 0.2) is 72.8 Å². The Balaban J connectivity index is 1.56. The summed E-state index contributed by atoms with van der Waals surface area (Å²) in [4.78, 5) is 24.1. The Hall–Kier alpha value is -3.31. The average Bonchev–Trinajstić information content (AvgIpc) is 2.66. The zero-order valence-electron chi connectivity index (χ0n) is 14.5. The molecule has 2 N–H and O–H groups in total. The van der Waals surface area contributed by atoms with Crippen LogP contribution in [0.3, 0.4) is 0 Å². The third kappa shape index (κ3) is 5.33. The van der Waals surface area contributed by atoms with Crippen LogP contribution in [0.2, 0.25) is 5.02 Å². The fourth-order valence-electron chi connectivity index (χ4n) is 2.29. The van der Waals surface area contributed by atoms with Gasteiger partial charge in [0.25, 0.3) is 0 Å². The van der Waals surface area contributed by atoms with E-state index in [1.165, 1.54) is 0 Å². The quantitative estimate of drug-likeness (QED) is 0.463. The standard InChI is InChI=1S/C21H17ClN2O3/c1-14-2-4-15(5-3-14)20(25)27-19-12-10-18(11-13-19)24-21(26)23-17-8-6-16(22)7-9-17/h2-13H,1H3,(H2,23,24,26). The van der Waals surface area contributed by atoms with E-state index < -0.39 is 5.97 Å². The number of aryl methyl sites for hydroxylation is 1. The van der Waals surface area contributed by atoms with Gasteiger partial charge < -0.3 is 15.4 Å². The predicted octanol–water partition coefficient (Wildman–Crippen LogP) is 5.51. The van der Waals surface area contributed by atoms with Crippen molar-refractivity contribution in [3.05, 3.63) is 88.9 Å².